The highest BCUT2D eigenvalue weighted by Gasteiger charge is 2.32. The summed E-state index contributed by atoms with van der Waals surface area (Å²) in [5.74, 6) is 0.390. The normalized spacial score (nSPS) is 20.1. The summed E-state index contributed by atoms with van der Waals surface area (Å²) in [7, 11) is 0. The molecule has 1 amide bonds. The third-order valence-electron chi connectivity index (χ3n) is 4.83. The lowest BCUT2D eigenvalue weighted by atomic mass is 10.1. The molecule has 1 aromatic rings. The van der Waals surface area contributed by atoms with E-state index in [0.717, 1.165) is 31.7 Å². The number of alkyl halides is 3. The van der Waals surface area contributed by atoms with Crippen LogP contribution >= 0.6 is 0 Å². The van der Waals surface area contributed by atoms with Crippen molar-refractivity contribution in [1.82, 2.24) is 4.90 Å². The van der Waals surface area contributed by atoms with Crippen LogP contribution in [0.1, 0.15) is 31.2 Å². The summed E-state index contributed by atoms with van der Waals surface area (Å²) in [6.07, 6.45) is -0.114. The van der Waals surface area contributed by atoms with Crippen LogP contribution in [-0.4, -0.2) is 37.0 Å². The van der Waals surface area contributed by atoms with E-state index in [1.807, 2.05) is 9.80 Å². The zero-order valence-electron chi connectivity index (χ0n) is 13.0. The van der Waals surface area contributed by atoms with Crippen molar-refractivity contribution < 1.29 is 18.0 Å². The molecule has 3 nitrogen and oxygen atoms in total. The van der Waals surface area contributed by atoms with Crippen LogP contribution < -0.4 is 4.90 Å². The maximum absolute atomic E-state index is 12.8. The molecule has 1 aromatic carbocycles. The molecule has 6 heteroatoms. The van der Waals surface area contributed by atoms with Crippen LogP contribution in [0.25, 0.3) is 0 Å². The summed E-state index contributed by atoms with van der Waals surface area (Å²) >= 11 is 0. The van der Waals surface area contributed by atoms with Crippen LogP contribution in [0.5, 0.6) is 0 Å². The highest BCUT2D eigenvalue weighted by molar-refractivity contribution is 5.79. The first-order valence-corrected chi connectivity index (χ1v) is 8.16. The average molecular weight is 326 g/mol. The van der Waals surface area contributed by atoms with Crippen molar-refractivity contribution in [3.8, 4) is 0 Å². The summed E-state index contributed by atoms with van der Waals surface area (Å²) in [6, 6.07) is 5.41. The summed E-state index contributed by atoms with van der Waals surface area (Å²) in [5.41, 5.74) is -0.0488. The fourth-order valence-corrected chi connectivity index (χ4v) is 3.49. The van der Waals surface area contributed by atoms with Crippen LogP contribution in [0.15, 0.2) is 24.3 Å². The molecule has 0 spiro atoms. The predicted molar refractivity (Wildman–Crippen MR) is 82.2 cm³/mol. The van der Waals surface area contributed by atoms with Crippen LogP contribution in [0.2, 0.25) is 0 Å². The second-order valence-electron chi connectivity index (χ2n) is 6.34. The van der Waals surface area contributed by atoms with E-state index in [9.17, 15) is 18.0 Å². The van der Waals surface area contributed by atoms with Gasteiger partial charge in [0.25, 0.3) is 0 Å². The Kier molecular flexibility index (Phi) is 4.50. The van der Waals surface area contributed by atoms with Gasteiger partial charge < -0.3 is 9.80 Å². The number of nitrogens with zero attached hydrogens (tertiary/aromatic N) is 2. The molecule has 1 saturated carbocycles. The third-order valence-corrected chi connectivity index (χ3v) is 4.83. The van der Waals surface area contributed by atoms with Crippen molar-refractivity contribution in [2.75, 3.05) is 31.1 Å². The van der Waals surface area contributed by atoms with Gasteiger partial charge in [0.2, 0.25) is 5.91 Å². The standard InChI is InChI=1S/C17H21F3N2O/c18-17(19,20)14-6-3-7-15(12-14)21-8-10-22(11-9-21)16(23)13-4-1-2-5-13/h3,6-7,12-13H,1-2,4-5,8-11H2. The van der Waals surface area contributed by atoms with Gasteiger partial charge in [-0.1, -0.05) is 18.9 Å². The number of carbonyl (C=O) groups is 1. The van der Waals surface area contributed by atoms with E-state index in [4.69, 9.17) is 0 Å². The summed E-state index contributed by atoms with van der Waals surface area (Å²) in [6.45, 7) is 2.34. The van der Waals surface area contributed by atoms with Gasteiger partial charge in [-0.25, -0.2) is 0 Å². The van der Waals surface area contributed by atoms with Gasteiger partial charge >= 0.3 is 6.18 Å². The highest BCUT2D eigenvalue weighted by Crippen LogP contribution is 2.32. The monoisotopic (exact) mass is 326 g/mol. The predicted octanol–water partition coefficient (Wildman–Crippen LogP) is 3.54. The van der Waals surface area contributed by atoms with E-state index in [2.05, 4.69) is 0 Å². The van der Waals surface area contributed by atoms with Crippen molar-refractivity contribution in [1.29, 1.82) is 0 Å². The molecule has 126 valence electrons. The lowest BCUT2D eigenvalue weighted by Gasteiger charge is -2.37. The van der Waals surface area contributed by atoms with Gasteiger partial charge in [0, 0.05) is 37.8 Å². The molecule has 2 aliphatic rings. The molecule has 0 aromatic heterocycles. The number of hydrogen-bond donors (Lipinski definition) is 0. The van der Waals surface area contributed by atoms with Crippen molar-refractivity contribution in [2.45, 2.75) is 31.9 Å². The molecular weight excluding hydrogens is 305 g/mol. The Bertz CT molecular complexity index is 559. The van der Waals surface area contributed by atoms with Gasteiger partial charge in [-0.15, -0.1) is 0 Å². The molecule has 0 N–H and O–H groups in total. The average Bonchev–Trinajstić information content (AvgIpc) is 3.08. The minimum absolute atomic E-state index is 0.162. The maximum Gasteiger partial charge on any atom is 0.416 e. The van der Waals surface area contributed by atoms with E-state index in [-0.39, 0.29) is 11.8 Å². The Hall–Kier alpha value is -1.72. The van der Waals surface area contributed by atoms with E-state index in [0.29, 0.717) is 31.9 Å². The molecule has 0 atom stereocenters. The van der Waals surface area contributed by atoms with Crippen molar-refractivity contribution in [3.63, 3.8) is 0 Å². The van der Waals surface area contributed by atoms with Crippen molar-refractivity contribution in [3.05, 3.63) is 29.8 Å². The number of piperazine rings is 1. The molecule has 1 aliphatic carbocycles. The number of benzene rings is 1. The van der Waals surface area contributed by atoms with Gasteiger partial charge in [0.05, 0.1) is 5.56 Å². The Morgan fingerprint density at radius 2 is 1.70 bits per heavy atom. The second-order valence-corrected chi connectivity index (χ2v) is 6.34. The third kappa shape index (κ3) is 3.62. The van der Waals surface area contributed by atoms with Crippen molar-refractivity contribution >= 4 is 11.6 Å². The SMILES string of the molecule is O=C(C1CCCC1)N1CCN(c2cccc(C(F)(F)F)c2)CC1. The molecule has 1 saturated heterocycles. The molecule has 0 bridgehead atoms. The van der Waals surface area contributed by atoms with E-state index in [1.54, 1.807) is 6.07 Å². The topological polar surface area (TPSA) is 23.6 Å². The number of hydrogen-bond acceptors (Lipinski definition) is 2. The minimum Gasteiger partial charge on any atom is -0.368 e. The number of carbonyl (C=O) groups excluding carboxylic acids is 1. The number of rotatable bonds is 2. The van der Waals surface area contributed by atoms with E-state index >= 15 is 0 Å². The van der Waals surface area contributed by atoms with Gasteiger partial charge in [-0.2, -0.15) is 13.2 Å². The largest absolute Gasteiger partial charge is 0.416 e. The van der Waals surface area contributed by atoms with Crippen LogP contribution in [0.3, 0.4) is 0 Å². The van der Waals surface area contributed by atoms with E-state index < -0.39 is 11.7 Å². The molecule has 0 radical (unpaired) electrons. The molecular formula is C17H21F3N2O. The quantitative estimate of drug-likeness (QED) is 0.830. The molecule has 3 rings (SSSR count). The van der Waals surface area contributed by atoms with Crippen molar-refractivity contribution in [2.24, 2.45) is 5.92 Å². The summed E-state index contributed by atoms with van der Waals surface area (Å²) < 4.78 is 38.4. The van der Waals surface area contributed by atoms with Gasteiger partial charge in [0.1, 0.15) is 0 Å². The smallest absolute Gasteiger partial charge is 0.368 e. The number of halogens is 3. The number of anilines is 1. The Balaban J connectivity index is 1.61. The molecule has 1 aliphatic heterocycles. The maximum atomic E-state index is 12.8. The fraction of sp³-hybridized carbons (Fsp3) is 0.588. The molecule has 23 heavy (non-hydrogen) atoms. The van der Waals surface area contributed by atoms with Crippen LogP contribution in [0, 0.1) is 5.92 Å². The highest BCUT2D eigenvalue weighted by atomic mass is 19.4. The second kappa shape index (κ2) is 6.42. The van der Waals surface area contributed by atoms with Gasteiger partial charge in [-0.05, 0) is 31.0 Å². The first-order valence-electron chi connectivity index (χ1n) is 8.16. The summed E-state index contributed by atoms with van der Waals surface area (Å²) in [5, 5.41) is 0. The lowest BCUT2D eigenvalue weighted by Crippen LogP contribution is -2.50. The molecule has 0 unspecified atom stereocenters. The minimum atomic E-state index is -4.32. The first-order chi connectivity index (χ1) is 10.9. The fourth-order valence-electron chi connectivity index (χ4n) is 3.49. The van der Waals surface area contributed by atoms with E-state index in [1.165, 1.54) is 12.1 Å². The van der Waals surface area contributed by atoms with Crippen LogP contribution in [-0.2, 0) is 11.0 Å². The Morgan fingerprint density at radius 1 is 1.04 bits per heavy atom. The first kappa shape index (κ1) is 16.1. The Morgan fingerprint density at radius 3 is 2.30 bits per heavy atom. The van der Waals surface area contributed by atoms with Gasteiger partial charge in [0.15, 0.2) is 0 Å². The summed E-state index contributed by atoms with van der Waals surface area (Å²) in [4.78, 5) is 16.2. The lowest BCUT2D eigenvalue weighted by molar-refractivity contribution is -0.137. The number of amides is 1. The van der Waals surface area contributed by atoms with Crippen LogP contribution in [0.4, 0.5) is 18.9 Å². The molecule has 2 fully saturated rings. The Labute approximate surface area is 134 Å². The molecule has 1 heterocycles. The zero-order valence-corrected chi connectivity index (χ0v) is 13.0. The zero-order chi connectivity index (χ0) is 16.4. The van der Waals surface area contributed by atoms with Gasteiger partial charge in [-0.3, -0.25) is 4.79 Å².